The van der Waals surface area contributed by atoms with E-state index in [-0.39, 0.29) is 17.9 Å². The molecule has 3 fully saturated rings. The number of carbonyl (C=O) groups excluding carboxylic acids is 2. The van der Waals surface area contributed by atoms with Gasteiger partial charge in [-0.25, -0.2) is 0 Å². The Balaban J connectivity index is 1.11. The van der Waals surface area contributed by atoms with Crippen LogP contribution in [-0.4, -0.2) is 46.0 Å². The predicted molar refractivity (Wildman–Crippen MR) is 169 cm³/mol. The van der Waals surface area contributed by atoms with Gasteiger partial charge in [-0.15, -0.1) is 11.8 Å². The van der Waals surface area contributed by atoms with Gasteiger partial charge in [-0.05, 0) is 85.1 Å². The Morgan fingerprint density at radius 2 is 1.61 bits per heavy atom. The Kier molecular flexibility index (Phi) is 8.83. The van der Waals surface area contributed by atoms with Crippen molar-refractivity contribution in [3.05, 3.63) is 111 Å². The Morgan fingerprint density at radius 3 is 2.37 bits per heavy atom. The average Bonchev–Trinajstić information content (AvgIpc) is 3.00. The van der Waals surface area contributed by atoms with Crippen molar-refractivity contribution < 1.29 is 9.59 Å². The molecule has 0 aromatic heterocycles. The highest BCUT2D eigenvalue weighted by molar-refractivity contribution is 8.04. The highest BCUT2D eigenvalue weighted by atomic mass is 35.5. The lowest BCUT2D eigenvalue weighted by atomic mass is 9.90. The number of halogens is 1. The zero-order valence-corrected chi connectivity index (χ0v) is 25.0. The highest BCUT2D eigenvalue weighted by Gasteiger charge is 2.40. The number of likely N-dealkylation sites (tertiary alicyclic amines) is 1. The molecular weight excluding hydrogens is 548 g/mol. The second kappa shape index (κ2) is 12.9. The molecule has 2 atom stereocenters. The van der Waals surface area contributed by atoms with Crippen LogP contribution in [0.5, 0.6) is 0 Å². The summed E-state index contributed by atoms with van der Waals surface area (Å²) in [5.41, 5.74) is 4.11. The van der Waals surface area contributed by atoms with E-state index in [0.29, 0.717) is 28.3 Å². The van der Waals surface area contributed by atoms with Gasteiger partial charge in [-0.2, -0.15) is 0 Å². The van der Waals surface area contributed by atoms with E-state index in [0.717, 1.165) is 61.2 Å². The molecule has 2 heterocycles. The summed E-state index contributed by atoms with van der Waals surface area (Å²) >= 11 is 7.99. The molecule has 0 bridgehead atoms. The number of hydrogen-bond acceptors (Lipinski definition) is 3. The molecule has 3 aromatic rings. The monoisotopic (exact) mass is 584 g/mol. The zero-order chi connectivity index (χ0) is 28.2. The van der Waals surface area contributed by atoms with E-state index in [1.54, 1.807) is 11.8 Å². The van der Waals surface area contributed by atoms with Crippen molar-refractivity contribution in [2.24, 2.45) is 5.92 Å². The average molecular weight is 585 g/mol. The fraction of sp³-hybridized carbons (Fsp3) is 0.371. The lowest BCUT2D eigenvalue weighted by Crippen LogP contribution is -2.50. The quantitative estimate of drug-likeness (QED) is 0.277. The van der Waals surface area contributed by atoms with Crippen LogP contribution in [0, 0.1) is 5.92 Å². The second-order valence-corrected chi connectivity index (χ2v) is 13.3. The number of rotatable bonds is 6. The number of amides is 2. The first kappa shape index (κ1) is 28.1. The number of benzene rings is 3. The Hall–Kier alpha value is -3.02. The van der Waals surface area contributed by atoms with E-state index in [9.17, 15) is 9.59 Å². The van der Waals surface area contributed by atoms with E-state index in [1.807, 2.05) is 59.5 Å². The van der Waals surface area contributed by atoms with Crippen molar-refractivity contribution in [1.29, 1.82) is 0 Å². The van der Waals surface area contributed by atoms with Crippen molar-refractivity contribution in [3.8, 4) is 0 Å². The van der Waals surface area contributed by atoms with Crippen LogP contribution in [0.15, 0.2) is 83.8 Å². The molecule has 3 aliphatic rings. The summed E-state index contributed by atoms with van der Waals surface area (Å²) in [5, 5.41) is 1.11. The highest BCUT2D eigenvalue weighted by Crippen LogP contribution is 2.43. The third-order valence-corrected chi connectivity index (χ3v) is 10.4. The Bertz CT molecular complexity index is 1400. The maximum atomic E-state index is 13.7. The molecule has 4 nitrogen and oxygen atoms in total. The van der Waals surface area contributed by atoms with Crippen molar-refractivity contribution in [1.82, 2.24) is 9.80 Å². The van der Waals surface area contributed by atoms with Crippen LogP contribution in [-0.2, 0) is 17.8 Å². The standard InChI is InChI=1S/C35H37ClN2O2S/c36-30-10-6-9-28(22-30)24-38-31-11-4-5-12-32(31)41-33(35(38)40)23-26-13-15-29(16-14-26)34(39)37-19-17-27(18-20-37)21-25-7-2-1-3-8-25/h1-3,6-10,13-16,22-23,27,31-32H,4-5,11-12,17-21,24H2/b33-23+. The van der Waals surface area contributed by atoms with E-state index in [1.165, 1.54) is 18.4 Å². The fourth-order valence-electron chi connectivity index (χ4n) is 6.54. The summed E-state index contributed by atoms with van der Waals surface area (Å²) in [7, 11) is 0. The maximum Gasteiger partial charge on any atom is 0.260 e. The van der Waals surface area contributed by atoms with E-state index in [4.69, 9.17) is 11.6 Å². The minimum atomic E-state index is 0.0941. The second-order valence-electron chi connectivity index (χ2n) is 11.6. The van der Waals surface area contributed by atoms with Crippen LogP contribution >= 0.6 is 23.4 Å². The SMILES string of the molecule is O=C(c1ccc(/C=C2/SC3CCCCC3N(Cc3cccc(Cl)c3)C2=O)cc1)N1CCC(Cc2ccccc2)CC1. The van der Waals surface area contributed by atoms with Gasteiger partial charge >= 0.3 is 0 Å². The van der Waals surface area contributed by atoms with Crippen molar-refractivity contribution >= 4 is 41.3 Å². The first-order valence-corrected chi connectivity index (χ1v) is 16.2. The lowest BCUT2D eigenvalue weighted by Gasteiger charge is -2.44. The van der Waals surface area contributed by atoms with Crippen molar-refractivity contribution in [2.75, 3.05) is 13.1 Å². The smallest absolute Gasteiger partial charge is 0.260 e. The molecule has 3 aromatic carbocycles. The number of carbonyl (C=O) groups is 2. The number of hydrogen-bond donors (Lipinski definition) is 0. The molecule has 0 radical (unpaired) electrons. The molecule has 41 heavy (non-hydrogen) atoms. The van der Waals surface area contributed by atoms with Crippen LogP contribution in [0.1, 0.15) is 65.6 Å². The third kappa shape index (κ3) is 6.73. The summed E-state index contributed by atoms with van der Waals surface area (Å²) in [4.78, 5) is 31.8. The molecule has 6 rings (SSSR count). The van der Waals surface area contributed by atoms with Gasteiger partial charge in [0.2, 0.25) is 0 Å². The Morgan fingerprint density at radius 1 is 0.878 bits per heavy atom. The summed E-state index contributed by atoms with van der Waals surface area (Å²) < 4.78 is 0. The van der Waals surface area contributed by atoms with E-state index < -0.39 is 0 Å². The molecule has 0 spiro atoms. The predicted octanol–water partition coefficient (Wildman–Crippen LogP) is 7.86. The minimum Gasteiger partial charge on any atom is -0.339 e. The molecule has 2 aliphatic heterocycles. The molecule has 0 N–H and O–H groups in total. The summed E-state index contributed by atoms with van der Waals surface area (Å²) in [6, 6.07) is 26.5. The van der Waals surface area contributed by atoms with Crippen molar-refractivity contribution in [2.45, 2.75) is 62.8 Å². The molecule has 2 saturated heterocycles. The topological polar surface area (TPSA) is 40.6 Å². The number of piperidine rings is 1. The largest absolute Gasteiger partial charge is 0.339 e. The van der Waals surface area contributed by atoms with Gasteiger partial charge in [0.1, 0.15) is 0 Å². The first-order chi connectivity index (χ1) is 20.0. The van der Waals surface area contributed by atoms with Crippen molar-refractivity contribution in [3.63, 3.8) is 0 Å². The first-order valence-electron chi connectivity index (χ1n) is 14.9. The van der Waals surface area contributed by atoms with Gasteiger partial charge in [0, 0.05) is 41.5 Å². The van der Waals surface area contributed by atoms with Crippen LogP contribution in [0.4, 0.5) is 0 Å². The molecule has 6 heteroatoms. The summed E-state index contributed by atoms with van der Waals surface area (Å²) in [6.07, 6.45) is 9.73. The van der Waals surface area contributed by atoms with E-state index >= 15 is 0 Å². The van der Waals surface area contributed by atoms with Crippen LogP contribution in [0.25, 0.3) is 6.08 Å². The van der Waals surface area contributed by atoms with Crippen LogP contribution in [0.2, 0.25) is 5.02 Å². The summed E-state index contributed by atoms with van der Waals surface area (Å²) in [6.45, 7) is 2.19. The number of fused-ring (bicyclic) bond motifs is 1. The molecule has 1 aliphatic carbocycles. The van der Waals surface area contributed by atoms with Gasteiger partial charge in [0.05, 0.1) is 4.91 Å². The number of nitrogens with zero attached hydrogens (tertiary/aromatic N) is 2. The number of thioether (sulfide) groups is 1. The normalized spacial score (nSPS) is 22.6. The minimum absolute atomic E-state index is 0.0941. The lowest BCUT2D eigenvalue weighted by molar-refractivity contribution is -0.130. The van der Waals surface area contributed by atoms with Crippen LogP contribution in [0.3, 0.4) is 0 Å². The Labute approximate surface area is 252 Å². The molecular formula is C35H37ClN2O2S. The van der Waals surface area contributed by atoms with Gasteiger partial charge in [0.15, 0.2) is 0 Å². The molecule has 2 amide bonds. The van der Waals surface area contributed by atoms with Gasteiger partial charge in [-0.1, -0.05) is 79.0 Å². The van der Waals surface area contributed by atoms with Gasteiger partial charge in [-0.3, -0.25) is 9.59 Å². The molecule has 1 saturated carbocycles. The molecule has 2 unspecified atom stereocenters. The van der Waals surface area contributed by atoms with Gasteiger partial charge in [0.25, 0.3) is 11.8 Å². The maximum absolute atomic E-state index is 13.7. The van der Waals surface area contributed by atoms with Gasteiger partial charge < -0.3 is 9.80 Å². The van der Waals surface area contributed by atoms with E-state index in [2.05, 4.69) is 35.2 Å². The third-order valence-electron chi connectivity index (χ3n) is 8.78. The molecule has 212 valence electrons. The van der Waals surface area contributed by atoms with Crippen LogP contribution < -0.4 is 0 Å². The fourth-order valence-corrected chi connectivity index (χ4v) is 8.22. The summed E-state index contributed by atoms with van der Waals surface area (Å²) in [5.74, 6) is 0.822. The zero-order valence-electron chi connectivity index (χ0n) is 23.4.